The van der Waals surface area contributed by atoms with E-state index >= 15 is 0 Å². The van der Waals surface area contributed by atoms with E-state index in [0.717, 1.165) is 43.5 Å². The highest BCUT2D eigenvalue weighted by molar-refractivity contribution is 6.74. The zero-order valence-corrected chi connectivity index (χ0v) is 19.3. The van der Waals surface area contributed by atoms with Gasteiger partial charge >= 0.3 is 0 Å². The molecule has 0 atom stereocenters. The molecule has 8 heteroatoms. The Balaban J connectivity index is 1.74. The van der Waals surface area contributed by atoms with Crippen LogP contribution in [0.25, 0.3) is 0 Å². The van der Waals surface area contributed by atoms with Gasteiger partial charge in [0.1, 0.15) is 12.2 Å². The van der Waals surface area contributed by atoms with E-state index in [1.54, 1.807) is 6.33 Å². The summed E-state index contributed by atoms with van der Waals surface area (Å²) in [5.74, 6) is 1.05. The molecule has 1 saturated heterocycles. The van der Waals surface area contributed by atoms with Gasteiger partial charge in [0, 0.05) is 19.3 Å². The molecule has 1 aromatic heterocycles. The number of allylic oxidation sites excluding steroid dienone is 1. The van der Waals surface area contributed by atoms with Crippen molar-refractivity contribution in [3.05, 3.63) is 42.8 Å². The first-order chi connectivity index (χ1) is 13.8. The van der Waals surface area contributed by atoms with Crippen LogP contribution in [0, 0.1) is 0 Å². The van der Waals surface area contributed by atoms with Crippen LogP contribution in [0.5, 0.6) is 0 Å². The summed E-state index contributed by atoms with van der Waals surface area (Å²) < 4.78 is 11.8. The van der Waals surface area contributed by atoms with Crippen molar-refractivity contribution < 1.29 is 9.16 Å². The third-order valence-electron chi connectivity index (χ3n) is 5.75. The topological polar surface area (TPSA) is 63.1 Å². The van der Waals surface area contributed by atoms with E-state index < -0.39 is 8.32 Å². The van der Waals surface area contributed by atoms with E-state index in [9.17, 15) is 0 Å². The monoisotopic (exact) mass is 415 g/mol. The summed E-state index contributed by atoms with van der Waals surface area (Å²) in [6.07, 6.45) is 11.4. The Bertz CT molecular complexity index is 765. The maximum absolute atomic E-state index is 6.26. The van der Waals surface area contributed by atoms with Crippen molar-refractivity contribution in [2.45, 2.75) is 38.9 Å². The molecule has 0 aliphatic carbocycles. The van der Waals surface area contributed by atoms with E-state index in [1.165, 1.54) is 0 Å². The van der Waals surface area contributed by atoms with E-state index in [-0.39, 0.29) is 5.04 Å². The molecular formula is C21H33N5O2Si. The molecular weight excluding hydrogens is 382 g/mol. The quantitative estimate of drug-likeness (QED) is 0.687. The number of anilines is 1. The van der Waals surface area contributed by atoms with E-state index in [0.29, 0.717) is 13.2 Å². The van der Waals surface area contributed by atoms with Crippen LogP contribution in [0.4, 0.5) is 5.69 Å². The molecule has 0 amide bonds. The minimum absolute atomic E-state index is 0.205. The summed E-state index contributed by atoms with van der Waals surface area (Å²) in [6.45, 7) is 15.8. The number of rotatable bonds is 5. The Morgan fingerprint density at radius 3 is 2.52 bits per heavy atom. The van der Waals surface area contributed by atoms with Gasteiger partial charge in [-0.3, -0.25) is 0 Å². The SMILES string of the molecule is CC(C)(C)[Si](C)(C)OC/C=C/C1=CN(c2cncnc2)CC(N2CCOCC2)=N1. The Kier molecular flexibility index (Phi) is 6.87. The van der Waals surface area contributed by atoms with Gasteiger partial charge in [-0.1, -0.05) is 26.8 Å². The lowest BCUT2D eigenvalue weighted by Crippen LogP contribution is -2.46. The molecule has 1 fully saturated rings. The first-order valence-electron chi connectivity index (χ1n) is 10.2. The average Bonchev–Trinajstić information content (AvgIpc) is 2.71. The van der Waals surface area contributed by atoms with Crippen molar-refractivity contribution in [1.29, 1.82) is 0 Å². The van der Waals surface area contributed by atoms with Gasteiger partial charge in [-0.2, -0.15) is 0 Å². The number of amidine groups is 1. The zero-order chi connectivity index (χ0) is 20.9. The van der Waals surface area contributed by atoms with Gasteiger partial charge < -0.3 is 19.0 Å². The number of hydrogen-bond donors (Lipinski definition) is 0. The van der Waals surface area contributed by atoms with Crippen LogP contribution < -0.4 is 4.90 Å². The van der Waals surface area contributed by atoms with Crippen molar-refractivity contribution >= 4 is 19.8 Å². The summed E-state index contributed by atoms with van der Waals surface area (Å²) in [7, 11) is -1.75. The van der Waals surface area contributed by atoms with Crippen LogP contribution in [0.3, 0.4) is 0 Å². The van der Waals surface area contributed by atoms with Crippen molar-refractivity contribution in [3.63, 3.8) is 0 Å². The maximum atomic E-state index is 6.26. The molecule has 0 bridgehead atoms. The van der Waals surface area contributed by atoms with E-state index in [4.69, 9.17) is 14.2 Å². The Morgan fingerprint density at radius 1 is 1.17 bits per heavy atom. The van der Waals surface area contributed by atoms with Gasteiger partial charge in [0.25, 0.3) is 0 Å². The van der Waals surface area contributed by atoms with Gasteiger partial charge in [0.2, 0.25) is 0 Å². The van der Waals surface area contributed by atoms with Gasteiger partial charge in [-0.25, -0.2) is 15.0 Å². The van der Waals surface area contributed by atoms with Gasteiger partial charge in [-0.05, 0) is 24.2 Å². The average molecular weight is 416 g/mol. The number of nitrogens with zero attached hydrogens (tertiary/aromatic N) is 5. The lowest BCUT2D eigenvalue weighted by Gasteiger charge is -2.35. The molecule has 0 spiro atoms. The smallest absolute Gasteiger partial charge is 0.192 e. The van der Waals surface area contributed by atoms with Crippen LogP contribution in [-0.4, -0.2) is 68.5 Å². The Hall–Kier alpha value is -2.03. The number of aliphatic imine (C=N–C) groups is 1. The molecule has 0 unspecified atom stereocenters. The maximum Gasteiger partial charge on any atom is 0.192 e. The summed E-state index contributed by atoms with van der Waals surface area (Å²) >= 11 is 0. The molecule has 0 saturated carbocycles. The normalized spacial score (nSPS) is 18.8. The molecule has 3 heterocycles. The third kappa shape index (κ3) is 5.74. The molecule has 0 radical (unpaired) electrons. The van der Waals surface area contributed by atoms with Gasteiger partial charge in [0.15, 0.2) is 8.32 Å². The van der Waals surface area contributed by atoms with Crippen molar-refractivity contribution in [2.24, 2.45) is 4.99 Å². The minimum Gasteiger partial charge on any atom is -0.413 e. The van der Waals surface area contributed by atoms with Crippen LogP contribution in [-0.2, 0) is 9.16 Å². The molecule has 1 aromatic rings. The van der Waals surface area contributed by atoms with Crippen molar-refractivity contribution in [3.8, 4) is 0 Å². The number of hydrogen-bond acceptors (Lipinski definition) is 7. The van der Waals surface area contributed by atoms with Gasteiger partial charge in [-0.15, -0.1) is 0 Å². The second-order valence-corrected chi connectivity index (χ2v) is 13.7. The first kappa shape index (κ1) is 21.7. The molecule has 0 N–H and O–H groups in total. The minimum atomic E-state index is -1.75. The fraction of sp³-hybridized carbons (Fsp3) is 0.571. The predicted molar refractivity (Wildman–Crippen MR) is 120 cm³/mol. The zero-order valence-electron chi connectivity index (χ0n) is 18.3. The highest BCUT2D eigenvalue weighted by Gasteiger charge is 2.36. The van der Waals surface area contributed by atoms with Crippen LogP contribution in [0.1, 0.15) is 20.8 Å². The molecule has 2 aliphatic rings. The fourth-order valence-electron chi connectivity index (χ4n) is 2.89. The third-order valence-corrected chi connectivity index (χ3v) is 10.2. The number of aromatic nitrogens is 2. The molecule has 7 nitrogen and oxygen atoms in total. The van der Waals surface area contributed by atoms with Crippen LogP contribution in [0.15, 0.2) is 47.8 Å². The van der Waals surface area contributed by atoms with Gasteiger partial charge in [0.05, 0.1) is 50.1 Å². The van der Waals surface area contributed by atoms with Crippen molar-refractivity contribution in [1.82, 2.24) is 14.9 Å². The highest BCUT2D eigenvalue weighted by atomic mass is 28.4. The molecule has 2 aliphatic heterocycles. The van der Waals surface area contributed by atoms with E-state index in [2.05, 4.69) is 59.7 Å². The largest absolute Gasteiger partial charge is 0.413 e. The predicted octanol–water partition coefficient (Wildman–Crippen LogP) is 3.45. The number of morpholine rings is 1. The summed E-state index contributed by atoms with van der Waals surface area (Å²) in [4.78, 5) is 17.7. The Morgan fingerprint density at radius 2 is 1.86 bits per heavy atom. The molecule has 0 aromatic carbocycles. The standard InChI is InChI=1S/C21H33N5O2Si/c1-21(2,3)29(4,5)28-10-6-7-18-15-26(19-13-22-17-23-14-19)16-20(24-18)25-8-11-27-12-9-25/h6-7,13-15,17H,8-12,16H2,1-5H3/b7-6+. The first-order valence-corrected chi connectivity index (χ1v) is 13.1. The van der Waals surface area contributed by atoms with Crippen molar-refractivity contribution in [2.75, 3.05) is 44.4 Å². The fourth-order valence-corrected chi connectivity index (χ4v) is 3.84. The summed E-state index contributed by atoms with van der Waals surface area (Å²) in [5, 5.41) is 0.205. The Labute approximate surface area is 175 Å². The molecule has 3 rings (SSSR count). The summed E-state index contributed by atoms with van der Waals surface area (Å²) in [6, 6.07) is 0. The lowest BCUT2D eigenvalue weighted by atomic mass is 10.2. The summed E-state index contributed by atoms with van der Waals surface area (Å²) in [5.41, 5.74) is 1.86. The molecule has 158 valence electrons. The van der Waals surface area contributed by atoms with Crippen LogP contribution in [0.2, 0.25) is 18.1 Å². The molecule has 29 heavy (non-hydrogen) atoms. The van der Waals surface area contributed by atoms with E-state index in [1.807, 2.05) is 24.7 Å². The van der Waals surface area contributed by atoms with Crippen LogP contribution >= 0.6 is 0 Å². The lowest BCUT2D eigenvalue weighted by molar-refractivity contribution is 0.0675. The second kappa shape index (κ2) is 9.19. The number of ether oxygens (including phenoxy) is 1. The highest BCUT2D eigenvalue weighted by Crippen LogP contribution is 2.36. The second-order valence-electron chi connectivity index (χ2n) is 8.88.